The molecule has 0 spiro atoms. The molecule has 1 aliphatic heterocycles. The number of ether oxygens (including phenoxy) is 4. The van der Waals surface area contributed by atoms with Gasteiger partial charge in [-0.15, -0.1) is 0 Å². The van der Waals surface area contributed by atoms with Crippen LogP contribution in [0.25, 0.3) is 0 Å². The Hall–Kier alpha value is -2.69. The fourth-order valence-corrected chi connectivity index (χ4v) is 2.06. The second kappa shape index (κ2) is 6.20. The lowest BCUT2D eigenvalue weighted by molar-refractivity contribution is -0.119. The molecule has 120 valence electrons. The largest absolute Gasteiger partial charge is 0.486 e. The third-order valence-corrected chi connectivity index (χ3v) is 3.09. The van der Waals surface area contributed by atoms with Gasteiger partial charge in [0.25, 0.3) is 0 Å². The number of halogens is 1. The molecule has 0 atom stereocenters. The Balaban J connectivity index is 1.55. The molecule has 4 nitrogen and oxygen atoms in total. The molecule has 0 aliphatic carbocycles. The normalized spacial score (nSPS) is 15.3. The van der Waals surface area contributed by atoms with E-state index in [1.165, 1.54) is 12.1 Å². The predicted molar refractivity (Wildman–Crippen MR) is 82.7 cm³/mol. The van der Waals surface area contributed by atoms with Crippen molar-refractivity contribution >= 4 is 0 Å². The zero-order chi connectivity index (χ0) is 16.3. The average molecular weight is 316 g/mol. The Morgan fingerprint density at radius 1 is 1.00 bits per heavy atom. The lowest BCUT2D eigenvalue weighted by Gasteiger charge is -2.18. The van der Waals surface area contributed by atoms with Gasteiger partial charge >= 0.3 is 0 Å². The van der Waals surface area contributed by atoms with Crippen LogP contribution in [0.5, 0.6) is 17.2 Å². The van der Waals surface area contributed by atoms with Crippen LogP contribution in [0.2, 0.25) is 0 Å². The number of benzene rings is 2. The molecule has 1 aliphatic rings. The van der Waals surface area contributed by atoms with Gasteiger partial charge in [0.15, 0.2) is 5.76 Å². The minimum atomic E-state index is -0.638. The van der Waals surface area contributed by atoms with Gasteiger partial charge in [-0.05, 0) is 36.4 Å². The fraction of sp³-hybridized carbons (Fsp3) is 0.222. The molecule has 3 rings (SSSR count). The molecule has 0 saturated carbocycles. The maximum Gasteiger partial charge on any atom is 0.244 e. The SMILES string of the molecule is CC1(C)OC=C(COc2ccc(Oc3cccc(F)c3)cc2)O1. The van der Waals surface area contributed by atoms with Crippen LogP contribution in [0.1, 0.15) is 13.8 Å². The highest BCUT2D eigenvalue weighted by Crippen LogP contribution is 2.27. The van der Waals surface area contributed by atoms with Gasteiger partial charge in [0.1, 0.15) is 35.9 Å². The molecule has 0 N–H and O–H groups in total. The van der Waals surface area contributed by atoms with Crippen LogP contribution in [-0.2, 0) is 9.47 Å². The Labute approximate surface area is 134 Å². The molecule has 2 aromatic rings. The summed E-state index contributed by atoms with van der Waals surface area (Å²) in [7, 11) is 0. The van der Waals surface area contributed by atoms with Crippen LogP contribution in [0.3, 0.4) is 0 Å². The van der Waals surface area contributed by atoms with Crippen LogP contribution in [0, 0.1) is 5.82 Å². The average Bonchev–Trinajstić information content (AvgIpc) is 2.86. The summed E-state index contributed by atoms with van der Waals surface area (Å²) in [4.78, 5) is 0. The van der Waals surface area contributed by atoms with Crippen molar-refractivity contribution < 1.29 is 23.3 Å². The molecule has 0 radical (unpaired) electrons. The van der Waals surface area contributed by atoms with E-state index < -0.39 is 5.79 Å². The second-order valence-electron chi connectivity index (χ2n) is 5.52. The monoisotopic (exact) mass is 316 g/mol. The lowest BCUT2D eigenvalue weighted by atomic mass is 10.3. The van der Waals surface area contributed by atoms with Gasteiger partial charge in [0, 0.05) is 19.9 Å². The van der Waals surface area contributed by atoms with Crippen LogP contribution >= 0.6 is 0 Å². The molecule has 0 amide bonds. The first-order valence-corrected chi connectivity index (χ1v) is 7.22. The van der Waals surface area contributed by atoms with Gasteiger partial charge < -0.3 is 18.9 Å². The van der Waals surface area contributed by atoms with Crippen molar-refractivity contribution in [3.05, 3.63) is 66.4 Å². The first-order valence-electron chi connectivity index (χ1n) is 7.22. The summed E-state index contributed by atoms with van der Waals surface area (Å²) in [5, 5.41) is 0. The molecule has 0 bridgehead atoms. The number of hydrogen-bond donors (Lipinski definition) is 0. The van der Waals surface area contributed by atoms with E-state index in [4.69, 9.17) is 18.9 Å². The quantitative estimate of drug-likeness (QED) is 0.806. The summed E-state index contributed by atoms with van der Waals surface area (Å²) in [6, 6.07) is 13.0. The molecule has 2 aromatic carbocycles. The highest BCUT2D eigenvalue weighted by atomic mass is 19.1. The van der Waals surface area contributed by atoms with E-state index in [0.717, 1.165) is 0 Å². The van der Waals surface area contributed by atoms with Gasteiger partial charge in [-0.3, -0.25) is 0 Å². The van der Waals surface area contributed by atoms with Gasteiger partial charge in [-0.2, -0.15) is 0 Å². The van der Waals surface area contributed by atoms with E-state index in [1.54, 1.807) is 42.7 Å². The first-order chi connectivity index (χ1) is 11.0. The van der Waals surface area contributed by atoms with Crippen LogP contribution in [0.4, 0.5) is 4.39 Å². The maximum absolute atomic E-state index is 13.1. The summed E-state index contributed by atoms with van der Waals surface area (Å²) in [5.74, 6) is 1.38. The zero-order valence-electron chi connectivity index (χ0n) is 12.9. The van der Waals surface area contributed by atoms with Crippen LogP contribution in [-0.4, -0.2) is 12.4 Å². The van der Waals surface area contributed by atoms with Crippen LogP contribution in [0.15, 0.2) is 60.6 Å². The van der Waals surface area contributed by atoms with Crippen molar-refractivity contribution in [1.82, 2.24) is 0 Å². The van der Waals surface area contributed by atoms with Gasteiger partial charge in [0.05, 0.1) is 0 Å². The Kier molecular flexibility index (Phi) is 4.10. The van der Waals surface area contributed by atoms with Gasteiger partial charge in [0.2, 0.25) is 5.79 Å². The summed E-state index contributed by atoms with van der Waals surface area (Å²) in [6.45, 7) is 3.94. The van der Waals surface area contributed by atoms with E-state index in [1.807, 2.05) is 13.8 Å². The first kappa shape index (κ1) is 15.2. The predicted octanol–water partition coefficient (Wildman–Crippen LogP) is 4.62. The Morgan fingerprint density at radius 2 is 1.74 bits per heavy atom. The minimum Gasteiger partial charge on any atom is -0.486 e. The molecular weight excluding hydrogens is 299 g/mol. The smallest absolute Gasteiger partial charge is 0.244 e. The highest BCUT2D eigenvalue weighted by Gasteiger charge is 2.27. The van der Waals surface area contributed by atoms with Crippen molar-refractivity contribution in [2.24, 2.45) is 0 Å². The van der Waals surface area contributed by atoms with Crippen molar-refractivity contribution in [2.75, 3.05) is 6.61 Å². The molecule has 1 heterocycles. The topological polar surface area (TPSA) is 36.9 Å². The van der Waals surface area contributed by atoms with Gasteiger partial charge in [-0.1, -0.05) is 6.07 Å². The standard InChI is InChI=1S/C18H17FO4/c1-18(2)21-12-17(23-18)11-20-14-6-8-15(9-7-14)22-16-5-3-4-13(19)10-16/h3-10,12H,11H2,1-2H3. The summed E-state index contributed by atoms with van der Waals surface area (Å²) in [6.07, 6.45) is 1.56. The minimum absolute atomic E-state index is 0.285. The second-order valence-corrected chi connectivity index (χ2v) is 5.52. The molecule has 5 heteroatoms. The van der Waals surface area contributed by atoms with E-state index in [9.17, 15) is 4.39 Å². The van der Waals surface area contributed by atoms with Crippen LogP contribution < -0.4 is 9.47 Å². The van der Waals surface area contributed by atoms with Crippen molar-refractivity contribution in [3.63, 3.8) is 0 Å². The van der Waals surface area contributed by atoms with Crippen molar-refractivity contribution in [2.45, 2.75) is 19.6 Å². The molecule has 0 fully saturated rings. The maximum atomic E-state index is 13.1. The molecule has 0 unspecified atom stereocenters. The molecule has 0 aromatic heterocycles. The number of hydrogen-bond acceptors (Lipinski definition) is 4. The van der Waals surface area contributed by atoms with E-state index >= 15 is 0 Å². The highest BCUT2D eigenvalue weighted by molar-refractivity contribution is 5.35. The Morgan fingerprint density at radius 3 is 2.39 bits per heavy atom. The van der Waals surface area contributed by atoms with E-state index in [-0.39, 0.29) is 12.4 Å². The summed E-state index contributed by atoms with van der Waals surface area (Å²) in [5.41, 5.74) is 0. The fourth-order valence-electron chi connectivity index (χ4n) is 2.06. The molecular formula is C18H17FO4. The summed E-state index contributed by atoms with van der Waals surface area (Å²) >= 11 is 0. The van der Waals surface area contributed by atoms with Crippen molar-refractivity contribution in [1.29, 1.82) is 0 Å². The van der Waals surface area contributed by atoms with E-state index in [2.05, 4.69) is 0 Å². The Bertz CT molecular complexity index is 707. The lowest BCUT2D eigenvalue weighted by Crippen LogP contribution is -2.21. The molecule has 0 saturated heterocycles. The molecule has 23 heavy (non-hydrogen) atoms. The summed E-state index contributed by atoms with van der Waals surface area (Å²) < 4.78 is 35.2. The zero-order valence-corrected chi connectivity index (χ0v) is 12.9. The van der Waals surface area contributed by atoms with E-state index in [0.29, 0.717) is 23.0 Å². The van der Waals surface area contributed by atoms with Crippen molar-refractivity contribution in [3.8, 4) is 17.2 Å². The third-order valence-electron chi connectivity index (χ3n) is 3.09. The van der Waals surface area contributed by atoms with Gasteiger partial charge in [-0.25, -0.2) is 4.39 Å². The number of rotatable bonds is 5. The third kappa shape index (κ3) is 4.16.